The van der Waals surface area contributed by atoms with Crippen LogP contribution >= 0.6 is 0 Å². The van der Waals surface area contributed by atoms with E-state index in [0.29, 0.717) is 12.2 Å². The number of hydrogen-bond donors (Lipinski definition) is 1. The van der Waals surface area contributed by atoms with E-state index in [4.69, 9.17) is 0 Å². The highest BCUT2D eigenvalue weighted by molar-refractivity contribution is 5.92. The molecule has 1 saturated heterocycles. The lowest BCUT2D eigenvalue weighted by molar-refractivity contribution is 0.0933. The number of nitrogens with zero attached hydrogens (tertiary/aromatic N) is 2. The fraction of sp³-hybridized carbons (Fsp3) is 0.333. The molecule has 4 heteroatoms. The van der Waals surface area contributed by atoms with E-state index in [-0.39, 0.29) is 11.9 Å². The Balaban J connectivity index is 1.69. The normalized spacial score (nSPS) is 16.4. The van der Waals surface area contributed by atoms with Crippen LogP contribution in [0.5, 0.6) is 0 Å². The fourth-order valence-corrected chi connectivity index (χ4v) is 2.96. The van der Waals surface area contributed by atoms with E-state index in [9.17, 15) is 4.79 Å². The van der Waals surface area contributed by atoms with E-state index in [0.717, 1.165) is 13.1 Å². The Morgan fingerprint density at radius 1 is 1.09 bits per heavy atom. The van der Waals surface area contributed by atoms with Crippen LogP contribution in [-0.4, -0.2) is 35.4 Å². The van der Waals surface area contributed by atoms with E-state index >= 15 is 0 Å². The van der Waals surface area contributed by atoms with Gasteiger partial charge in [-0.15, -0.1) is 0 Å². The molecule has 3 rings (SSSR count). The first-order chi connectivity index (χ1) is 10.8. The molecular formula is C18H21N3O. The first kappa shape index (κ1) is 14.7. The molecule has 1 N–H and O–H groups in total. The van der Waals surface area contributed by atoms with Crippen LogP contribution in [0, 0.1) is 0 Å². The number of hydrogen-bond acceptors (Lipinski definition) is 3. The summed E-state index contributed by atoms with van der Waals surface area (Å²) in [5, 5.41) is 3.03. The maximum Gasteiger partial charge on any atom is 0.269 e. The molecule has 1 fully saturated rings. The molecule has 1 aliphatic heterocycles. The lowest BCUT2D eigenvalue weighted by atomic mass is 10.1. The quantitative estimate of drug-likeness (QED) is 0.922. The highest BCUT2D eigenvalue weighted by atomic mass is 16.1. The third kappa shape index (κ3) is 3.52. The number of carbonyl (C=O) groups is 1. The zero-order valence-electron chi connectivity index (χ0n) is 12.6. The molecule has 0 saturated carbocycles. The Labute approximate surface area is 131 Å². The van der Waals surface area contributed by atoms with Gasteiger partial charge in [0.2, 0.25) is 0 Å². The zero-order valence-corrected chi connectivity index (χ0v) is 12.6. The Bertz CT molecular complexity index is 594. The number of likely N-dealkylation sites (tertiary alicyclic amines) is 1. The van der Waals surface area contributed by atoms with Crippen LogP contribution in [0.2, 0.25) is 0 Å². The van der Waals surface area contributed by atoms with Crippen molar-refractivity contribution < 1.29 is 4.79 Å². The average molecular weight is 295 g/mol. The van der Waals surface area contributed by atoms with Crippen molar-refractivity contribution in [3.05, 3.63) is 66.0 Å². The zero-order chi connectivity index (χ0) is 15.2. The van der Waals surface area contributed by atoms with Gasteiger partial charge in [-0.3, -0.25) is 14.7 Å². The molecule has 0 radical (unpaired) electrons. The van der Waals surface area contributed by atoms with Gasteiger partial charge < -0.3 is 5.32 Å². The summed E-state index contributed by atoms with van der Waals surface area (Å²) >= 11 is 0. The van der Waals surface area contributed by atoms with E-state index < -0.39 is 0 Å². The molecule has 1 unspecified atom stereocenters. The highest BCUT2D eigenvalue weighted by Crippen LogP contribution is 2.24. The van der Waals surface area contributed by atoms with Crippen LogP contribution in [-0.2, 0) is 0 Å². The van der Waals surface area contributed by atoms with Crippen LogP contribution in [0.25, 0.3) is 0 Å². The van der Waals surface area contributed by atoms with Crippen LogP contribution in [0.15, 0.2) is 54.7 Å². The Morgan fingerprint density at radius 2 is 1.82 bits per heavy atom. The monoisotopic (exact) mass is 295 g/mol. The first-order valence-electron chi connectivity index (χ1n) is 7.83. The van der Waals surface area contributed by atoms with Crippen molar-refractivity contribution in [2.24, 2.45) is 0 Å². The number of pyridine rings is 1. The Morgan fingerprint density at radius 3 is 2.50 bits per heavy atom. The second-order valence-corrected chi connectivity index (χ2v) is 5.59. The summed E-state index contributed by atoms with van der Waals surface area (Å²) in [6, 6.07) is 16.0. The van der Waals surface area contributed by atoms with Crippen molar-refractivity contribution in [3.63, 3.8) is 0 Å². The molecule has 4 nitrogen and oxygen atoms in total. The minimum atomic E-state index is -0.110. The van der Waals surface area contributed by atoms with E-state index in [1.54, 1.807) is 12.3 Å². The molecule has 1 aromatic heterocycles. The van der Waals surface area contributed by atoms with Gasteiger partial charge in [0.05, 0.1) is 6.04 Å². The minimum absolute atomic E-state index is 0.110. The molecule has 1 aromatic carbocycles. The van der Waals surface area contributed by atoms with E-state index in [2.05, 4.69) is 39.5 Å². The molecule has 0 aliphatic carbocycles. The van der Waals surface area contributed by atoms with Gasteiger partial charge in [0.1, 0.15) is 5.69 Å². The van der Waals surface area contributed by atoms with Crippen molar-refractivity contribution in [2.45, 2.75) is 18.9 Å². The summed E-state index contributed by atoms with van der Waals surface area (Å²) in [5.74, 6) is -0.110. The number of aromatic nitrogens is 1. The largest absolute Gasteiger partial charge is 0.349 e. The third-order valence-corrected chi connectivity index (χ3v) is 4.12. The summed E-state index contributed by atoms with van der Waals surface area (Å²) in [7, 11) is 0. The number of benzene rings is 1. The molecular weight excluding hydrogens is 274 g/mol. The van der Waals surface area contributed by atoms with Gasteiger partial charge >= 0.3 is 0 Å². The molecule has 114 valence electrons. The van der Waals surface area contributed by atoms with Crippen molar-refractivity contribution in [1.82, 2.24) is 15.2 Å². The summed E-state index contributed by atoms with van der Waals surface area (Å²) in [5.41, 5.74) is 1.72. The second-order valence-electron chi connectivity index (χ2n) is 5.59. The van der Waals surface area contributed by atoms with Crippen molar-refractivity contribution in [3.8, 4) is 0 Å². The SMILES string of the molecule is O=C(NCC(c1ccccc1)N1CCCC1)c1ccccn1. The van der Waals surface area contributed by atoms with Gasteiger partial charge in [-0.25, -0.2) is 0 Å². The molecule has 2 heterocycles. The maximum absolute atomic E-state index is 12.2. The average Bonchev–Trinajstić information content (AvgIpc) is 3.11. The molecule has 0 spiro atoms. The van der Waals surface area contributed by atoms with Crippen molar-refractivity contribution in [2.75, 3.05) is 19.6 Å². The number of nitrogens with one attached hydrogen (secondary N) is 1. The summed E-state index contributed by atoms with van der Waals surface area (Å²) in [6.07, 6.45) is 4.11. The Kier molecular flexibility index (Phi) is 4.81. The van der Waals surface area contributed by atoms with E-state index in [1.807, 2.05) is 18.2 Å². The van der Waals surface area contributed by atoms with Gasteiger partial charge in [-0.05, 0) is 43.6 Å². The van der Waals surface area contributed by atoms with E-state index in [1.165, 1.54) is 18.4 Å². The van der Waals surface area contributed by atoms with Crippen molar-refractivity contribution in [1.29, 1.82) is 0 Å². The predicted molar refractivity (Wildman–Crippen MR) is 86.6 cm³/mol. The van der Waals surface area contributed by atoms with Crippen LogP contribution in [0.4, 0.5) is 0 Å². The second kappa shape index (κ2) is 7.18. The maximum atomic E-state index is 12.2. The molecule has 1 atom stereocenters. The molecule has 1 amide bonds. The van der Waals surface area contributed by atoms with Crippen LogP contribution in [0.1, 0.15) is 34.9 Å². The standard InChI is InChI=1S/C18H21N3O/c22-18(16-10-4-5-11-19-16)20-14-17(21-12-6-7-13-21)15-8-2-1-3-9-15/h1-5,8-11,17H,6-7,12-14H2,(H,20,22). The third-order valence-electron chi connectivity index (χ3n) is 4.12. The lowest BCUT2D eigenvalue weighted by Crippen LogP contribution is -2.37. The first-order valence-corrected chi connectivity index (χ1v) is 7.83. The topological polar surface area (TPSA) is 45.2 Å². The fourth-order valence-electron chi connectivity index (χ4n) is 2.96. The van der Waals surface area contributed by atoms with Gasteiger partial charge in [0.25, 0.3) is 5.91 Å². The lowest BCUT2D eigenvalue weighted by Gasteiger charge is -2.28. The summed E-state index contributed by atoms with van der Waals surface area (Å²) < 4.78 is 0. The number of carbonyl (C=O) groups excluding carboxylic acids is 1. The van der Waals surface area contributed by atoms with Crippen LogP contribution in [0.3, 0.4) is 0 Å². The Hall–Kier alpha value is -2.20. The number of amides is 1. The summed E-state index contributed by atoms with van der Waals surface area (Å²) in [4.78, 5) is 18.8. The van der Waals surface area contributed by atoms with Gasteiger partial charge in [-0.1, -0.05) is 36.4 Å². The smallest absolute Gasteiger partial charge is 0.269 e. The molecule has 0 bridgehead atoms. The number of rotatable bonds is 5. The predicted octanol–water partition coefficient (Wildman–Crippen LogP) is 2.65. The molecule has 2 aromatic rings. The molecule has 1 aliphatic rings. The van der Waals surface area contributed by atoms with Crippen molar-refractivity contribution >= 4 is 5.91 Å². The van der Waals surface area contributed by atoms with Crippen LogP contribution < -0.4 is 5.32 Å². The van der Waals surface area contributed by atoms with Gasteiger partial charge in [-0.2, -0.15) is 0 Å². The summed E-state index contributed by atoms with van der Waals surface area (Å²) in [6.45, 7) is 2.80. The highest BCUT2D eigenvalue weighted by Gasteiger charge is 2.24. The minimum Gasteiger partial charge on any atom is -0.349 e. The molecule has 22 heavy (non-hydrogen) atoms. The van der Waals surface area contributed by atoms with Gasteiger partial charge in [0.15, 0.2) is 0 Å². The van der Waals surface area contributed by atoms with Gasteiger partial charge in [0, 0.05) is 12.7 Å².